The van der Waals surface area contributed by atoms with Crippen molar-refractivity contribution in [2.45, 2.75) is 26.3 Å². The van der Waals surface area contributed by atoms with Crippen LogP contribution in [-0.4, -0.2) is 38.7 Å². The van der Waals surface area contributed by atoms with Gasteiger partial charge in [-0.1, -0.05) is 18.2 Å². The minimum Gasteiger partial charge on any atom is -0.493 e. The number of benzene rings is 2. The topological polar surface area (TPSA) is 63.1 Å². The van der Waals surface area contributed by atoms with Crippen molar-refractivity contribution in [1.82, 2.24) is 19.7 Å². The molecular formula is C25H26N4O2. The molecule has 6 nitrogen and oxygen atoms in total. The number of fused-ring (bicyclic) bond motifs is 2. The largest absolute Gasteiger partial charge is 0.493 e. The summed E-state index contributed by atoms with van der Waals surface area (Å²) in [6.07, 6.45) is 3.68. The third-order valence-electron chi connectivity index (χ3n) is 6.00. The summed E-state index contributed by atoms with van der Waals surface area (Å²) < 4.78 is 7.46. The number of amides is 1. The quantitative estimate of drug-likeness (QED) is 0.518. The van der Waals surface area contributed by atoms with E-state index in [1.807, 2.05) is 66.1 Å². The molecule has 2 aromatic heterocycles. The van der Waals surface area contributed by atoms with Gasteiger partial charge < -0.3 is 14.6 Å². The predicted octanol–water partition coefficient (Wildman–Crippen LogP) is 4.03. The Balaban J connectivity index is 1.42. The van der Waals surface area contributed by atoms with Gasteiger partial charge in [0.1, 0.15) is 5.75 Å². The smallest absolute Gasteiger partial charge is 0.254 e. The lowest BCUT2D eigenvalue weighted by atomic mass is 10.1. The van der Waals surface area contributed by atoms with Crippen LogP contribution in [0.5, 0.6) is 5.75 Å². The van der Waals surface area contributed by atoms with Crippen molar-refractivity contribution in [2.24, 2.45) is 7.05 Å². The van der Waals surface area contributed by atoms with Crippen LogP contribution in [0.2, 0.25) is 0 Å². The number of H-pyrrole nitrogens is 1. The van der Waals surface area contributed by atoms with Gasteiger partial charge in [-0.15, -0.1) is 0 Å². The number of ether oxygens (including phenoxy) is 1. The highest BCUT2D eigenvalue weighted by Crippen LogP contribution is 2.27. The maximum absolute atomic E-state index is 13.5. The highest BCUT2D eigenvalue weighted by Gasteiger charge is 2.21. The molecule has 158 valence electrons. The van der Waals surface area contributed by atoms with Gasteiger partial charge in [0.05, 0.1) is 24.5 Å². The molecule has 1 aliphatic rings. The second-order valence-electron chi connectivity index (χ2n) is 8.16. The maximum Gasteiger partial charge on any atom is 0.254 e. The van der Waals surface area contributed by atoms with E-state index < -0.39 is 0 Å². The number of carbonyl (C=O) groups excluding carboxylic acids is 1. The van der Waals surface area contributed by atoms with Crippen LogP contribution in [-0.2, 0) is 26.4 Å². The Hall–Kier alpha value is -3.54. The molecule has 0 aliphatic carbocycles. The van der Waals surface area contributed by atoms with Gasteiger partial charge >= 0.3 is 0 Å². The standard InChI is InChI=1S/C25H26N4O2/c1-17-13-21(28(2)27-17)16-29(11-9-20-15-26-23-6-4-3-5-22(20)23)25(30)19-7-8-24-18(14-19)10-12-31-24/h3-8,13-15,26H,9-12,16H2,1-2H3. The first-order valence-corrected chi connectivity index (χ1v) is 10.7. The number of aromatic amines is 1. The van der Waals surface area contributed by atoms with E-state index in [0.29, 0.717) is 25.3 Å². The van der Waals surface area contributed by atoms with E-state index in [4.69, 9.17) is 4.74 Å². The Kier molecular flexibility index (Phi) is 4.98. The van der Waals surface area contributed by atoms with E-state index in [0.717, 1.165) is 41.1 Å². The minimum absolute atomic E-state index is 0.0356. The van der Waals surface area contributed by atoms with Crippen molar-refractivity contribution >= 4 is 16.8 Å². The summed E-state index contributed by atoms with van der Waals surface area (Å²) in [4.78, 5) is 18.8. The highest BCUT2D eigenvalue weighted by atomic mass is 16.5. The lowest BCUT2D eigenvalue weighted by Gasteiger charge is -2.23. The zero-order chi connectivity index (χ0) is 21.4. The Morgan fingerprint density at radius 3 is 2.94 bits per heavy atom. The first-order valence-electron chi connectivity index (χ1n) is 10.7. The van der Waals surface area contributed by atoms with E-state index in [-0.39, 0.29) is 5.91 Å². The fourth-order valence-corrected chi connectivity index (χ4v) is 4.36. The monoisotopic (exact) mass is 414 g/mol. The lowest BCUT2D eigenvalue weighted by Crippen LogP contribution is -2.33. The third-order valence-corrected chi connectivity index (χ3v) is 6.00. The zero-order valence-corrected chi connectivity index (χ0v) is 17.9. The lowest BCUT2D eigenvalue weighted by molar-refractivity contribution is 0.0741. The zero-order valence-electron chi connectivity index (χ0n) is 17.9. The normalized spacial score (nSPS) is 12.7. The summed E-state index contributed by atoms with van der Waals surface area (Å²) in [6.45, 7) is 3.80. The van der Waals surface area contributed by atoms with Gasteiger partial charge in [0, 0.05) is 42.7 Å². The molecule has 2 aromatic carbocycles. The van der Waals surface area contributed by atoms with Gasteiger partial charge in [0.2, 0.25) is 0 Å². The Labute approximate surface area is 181 Å². The molecular weight excluding hydrogens is 388 g/mol. The Bertz CT molecular complexity index is 1250. The molecule has 4 aromatic rings. The molecule has 3 heterocycles. The van der Waals surface area contributed by atoms with E-state index in [2.05, 4.69) is 22.2 Å². The number of nitrogens with one attached hydrogen (secondary N) is 1. The minimum atomic E-state index is 0.0356. The molecule has 31 heavy (non-hydrogen) atoms. The van der Waals surface area contributed by atoms with Gasteiger partial charge in [-0.25, -0.2) is 0 Å². The van der Waals surface area contributed by atoms with E-state index in [1.165, 1.54) is 10.9 Å². The van der Waals surface area contributed by atoms with Crippen LogP contribution in [0.25, 0.3) is 10.9 Å². The summed E-state index contributed by atoms with van der Waals surface area (Å²) in [6, 6.07) is 16.1. The molecule has 1 amide bonds. The highest BCUT2D eigenvalue weighted by molar-refractivity contribution is 5.94. The summed E-state index contributed by atoms with van der Waals surface area (Å²) in [5, 5.41) is 5.66. The fourth-order valence-electron chi connectivity index (χ4n) is 4.36. The molecule has 1 aliphatic heterocycles. The summed E-state index contributed by atoms with van der Waals surface area (Å²) in [5.41, 5.74) is 6.14. The number of aromatic nitrogens is 3. The fraction of sp³-hybridized carbons (Fsp3) is 0.280. The first kappa shape index (κ1) is 19.4. The molecule has 0 saturated carbocycles. The molecule has 5 rings (SSSR count). The van der Waals surface area contributed by atoms with Gasteiger partial charge in [-0.05, 0) is 54.8 Å². The summed E-state index contributed by atoms with van der Waals surface area (Å²) >= 11 is 0. The van der Waals surface area contributed by atoms with Crippen molar-refractivity contribution in [3.05, 3.63) is 82.8 Å². The molecule has 0 unspecified atom stereocenters. The van der Waals surface area contributed by atoms with Crippen molar-refractivity contribution in [1.29, 1.82) is 0 Å². The molecule has 1 N–H and O–H groups in total. The molecule has 0 fully saturated rings. The van der Waals surface area contributed by atoms with Crippen LogP contribution >= 0.6 is 0 Å². The molecule has 0 atom stereocenters. The molecule has 0 radical (unpaired) electrons. The number of para-hydroxylation sites is 1. The average Bonchev–Trinajstić information content (AvgIpc) is 3.48. The number of nitrogens with zero attached hydrogens (tertiary/aromatic N) is 3. The van der Waals surface area contributed by atoms with Crippen LogP contribution in [0.4, 0.5) is 0 Å². The van der Waals surface area contributed by atoms with E-state index in [1.54, 1.807) is 0 Å². The number of hydrogen-bond donors (Lipinski definition) is 1. The molecule has 6 heteroatoms. The van der Waals surface area contributed by atoms with Gasteiger partial charge in [0.25, 0.3) is 5.91 Å². The maximum atomic E-state index is 13.5. The van der Waals surface area contributed by atoms with Crippen molar-refractivity contribution < 1.29 is 9.53 Å². The Morgan fingerprint density at radius 2 is 2.10 bits per heavy atom. The summed E-state index contributed by atoms with van der Waals surface area (Å²) in [5.74, 6) is 0.928. The number of rotatable bonds is 6. The predicted molar refractivity (Wildman–Crippen MR) is 120 cm³/mol. The van der Waals surface area contributed by atoms with Crippen LogP contribution in [0.3, 0.4) is 0 Å². The van der Waals surface area contributed by atoms with Crippen molar-refractivity contribution in [2.75, 3.05) is 13.2 Å². The second kappa shape index (κ2) is 7.95. The molecule has 0 saturated heterocycles. The number of hydrogen-bond acceptors (Lipinski definition) is 3. The van der Waals surface area contributed by atoms with Crippen molar-refractivity contribution in [3.63, 3.8) is 0 Å². The van der Waals surface area contributed by atoms with E-state index >= 15 is 0 Å². The van der Waals surface area contributed by atoms with E-state index in [9.17, 15) is 4.79 Å². The van der Waals surface area contributed by atoms with Crippen LogP contribution in [0, 0.1) is 6.92 Å². The van der Waals surface area contributed by atoms with Gasteiger partial charge in [-0.3, -0.25) is 9.48 Å². The van der Waals surface area contributed by atoms with Crippen molar-refractivity contribution in [3.8, 4) is 5.75 Å². The second-order valence-corrected chi connectivity index (χ2v) is 8.16. The van der Waals surface area contributed by atoms with Gasteiger partial charge in [-0.2, -0.15) is 5.10 Å². The SMILES string of the molecule is Cc1cc(CN(CCc2c[nH]c3ccccc23)C(=O)c2ccc3c(c2)CCO3)n(C)n1. The van der Waals surface area contributed by atoms with Crippen LogP contribution in [0.1, 0.15) is 32.9 Å². The first-order chi connectivity index (χ1) is 15.1. The molecule has 0 spiro atoms. The van der Waals surface area contributed by atoms with Gasteiger partial charge in [0.15, 0.2) is 0 Å². The van der Waals surface area contributed by atoms with Crippen LogP contribution in [0.15, 0.2) is 54.7 Å². The number of aryl methyl sites for hydroxylation is 2. The number of carbonyl (C=O) groups is 1. The molecule has 0 bridgehead atoms. The summed E-state index contributed by atoms with van der Waals surface area (Å²) in [7, 11) is 1.93. The van der Waals surface area contributed by atoms with Crippen LogP contribution < -0.4 is 4.74 Å². The third kappa shape index (κ3) is 3.81. The average molecular weight is 415 g/mol. The Morgan fingerprint density at radius 1 is 1.23 bits per heavy atom.